The van der Waals surface area contributed by atoms with Gasteiger partial charge in [-0.05, 0) is 51.0 Å². The zero-order valence-electron chi connectivity index (χ0n) is 39.6. The lowest BCUT2D eigenvalue weighted by Gasteiger charge is -2.40. The van der Waals surface area contributed by atoms with Crippen molar-refractivity contribution in [3.05, 3.63) is 35.9 Å². The predicted molar refractivity (Wildman–Crippen MR) is 237 cm³/mol. The summed E-state index contributed by atoms with van der Waals surface area (Å²) in [5.41, 5.74) is 0.165. The number of benzene rings is 1. The Morgan fingerprint density at radius 1 is 0.934 bits per heavy atom. The van der Waals surface area contributed by atoms with E-state index in [1.807, 2.05) is 110 Å². The third kappa shape index (κ3) is 15.5. The minimum absolute atomic E-state index is 0.0126. The number of likely N-dealkylation sites (N-methyl/N-ethyl adjacent to an activating group) is 3. The fourth-order valence-corrected chi connectivity index (χ4v) is 7.87. The first-order chi connectivity index (χ1) is 28.5. The Kier molecular flexibility index (Phi) is 21.0. The lowest BCUT2D eigenvalue weighted by molar-refractivity contribution is -0.147. The number of hydrogen-bond donors (Lipinski definition) is 2. The summed E-state index contributed by atoms with van der Waals surface area (Å²) in [5, 5.41) is 12.6. The number of guanidine groups is 1. The molecular formula is C45H77N7O9. The van der Waals surface area contributed by atoms with Crippen molar-refractivity contribution in [3.8, 4) is 0 Å². The van der Waals surface area contributed by atoms with Gasteiger partial charge in [0.15, 0.2) is 5.96 Å². The molecule has 0 saturated carbocycles. The highest BCUT2D eigenvalue weighted by molar-refractivity contribution is 5.88. The standard InChI is InChI=1S/C45H77N7O9/c1-16-30(4)38(51(13)41(55)37(29(2)3)47-43(48(9)10)49(11)25-26-50(12)44(58)61-45(6,7)8)35(59-14)28-36(53)52-24-20-23-34(52)39(60-15)31(5)40(54)46-33(42(56)57)27-32-21-18-17-19-22-32/h17-19,21-22,29-31,33-35,37-39H,16,20,23-28H2,1-15H3,(H,46,54)(H,56,57)/t30-,31+,33?,34-,35+,37-,38-,39+/m0/s1. The molecule has 346 valence electrons. The van der Waals surface area contributed by atoms with E-state index in [1.165, 1.54) is 12.0 Å². The second-order valence-electron chi connectivity index (χ2n) is 18.0. The first kappa shape index (κ1) is 52.7. The van der Waals surface area contributed by atoms with Gasteiger partial charge in [0.05, 0.1) is 36.6 Å². The number of rotatable bonds is 21. The van der Waals surface area contributed by atoms with E-state index >= 15 is 0 Å². The minimum Gasteiger partial charge on any atom is -0.480 e. The van der Waals surface area contributed by atoms with E-state index in [1.54, 1.807) is 37.9 Å². The van der Waals surface area contributed by atoms with Crippen LogP contribution in [0, 0.1) is 17.8 Å². The average molecular weight is 860 g/mol. The molecule has 1 aliphatic heterocycles. The van der Waals surface area contributed by atoms with E-state index in [9.17, 15) is 29.1 Å². The molecule has 0 bridgehead atoms. The fraction of sp³-hybridized carbons (Fsp3) is 0.733. The zero-order chi connectivity index (χ0) is 46.4. The molecule has 1 aromatic rings. The molecule has 2 rings (SSSR count). The maximum Gasteiger partial charge on any atom is 0.410 e. The third-order valence-electron chi connectivity index (χ3n) is 11.5. The highest BCUT2D eigenvalue weighted by Crippen LogP contribution is 2.30. The average Bonchev–Trinajstić information content (AvgIpc) is 3.68. The minimum atomic E-state index is -1.14. The molecule has 1 heterocycles. The highest BCUT2D eigenvalue weighted by atomic mass is 16.6. The van der Waals surface area contributed by atoms with Crippen molar-refractivity contribution in [1.82, 2.24) is 29.8 Å². The molecule has 16 heteroatoms. The van der Waals surface area contributed by atoms with Gasteiger partial charge in [0, 0.05) is 75.5 Å². The molecule has 16 nitrogen and oxygen atoms in total. The van der Waals surface area contributed by atoms with Gasteiger partial charge in [-0.25, -0.2) is 14.6 Å². The van der Waals surface area contributed by atoms with Crippen molar-refractivity contribution in [3.63, 3.8) is 0 Å². The number of carboxylic acid groups (broad SMARTS) is 1. The normalized spacial score (nSPS) is 18.0. The maximum absolute atomic E-state index is 14.6. The number of aliphatic imine (C=N–C) groups is 1. The summed E-state index contributed by atoms with van der Waals surface area (Å²) in [6.45, 7) is 16.4. The largest absolute Gasteiger partial charge is 0.480 e. The van der Waals surface area contributed by atoms with Crippen molar-refractivity contribution in [2.45, 2.75) is 129 Å². The molecule has 4 amide bonds. The van der Waals surface area contributed by atoms with Crippen LogP contribution in [0.4, 0.5) is 4.79 Å². The Bertz CT molecular complexity index is 1600. The number of carbonyl (C=O) groups excluding carboxylic acids is 4. The molecule has 8 atom stereocenters. The first-order valence-electron chi connectivity index (χ1n) is 21.6. The Morgan fingerprint density at radius 3 is 2.05 bits per heavy atom. The molecule has 0 radical (unpaired) electrons. The Balaban J connectivity index is 2.31. The summed E-state index contributed by atoms with van der Waals surface area (Å²) in [4.78, 5) is 80.9. The van der Waals surface area contributed by atoms with E-state index in [4.69, 9.17) is 19.2 Å². The van der Waals surface area contributed by atoms with Gasteiger partial charge in [-0.15, -0.1) is 0 Å². The first-order valence-corrected chi connectivity index (χ1v) is 21.6. The second kappa shape index (κ2) is 24.3. The topological polar surface area (TPSA) is 174 Å². The van der Waals surface area contributed by atoms with Gasteiger partial charge in [-0.3, -0.25) is 14.4 Å². The summed E-state index contributed by atoms with van der Waals surface area (Å²) in [5.74, 6) is -2.43. The fourth-order valence-electron chi connectivity index (χ4n) is 7.87. The number of nitrogens with one attached hydrogen (secondary N) is 1. The van der Waals surface area contributed by atoms with Gasteiger partial charge < -0.3 is 49.1 Å². The predicted octanol–water partition coefficient (Wildman–Crippen LogP) is 4.46. The molecular weight excluding hydrogens is 783 g/mol. The van der Waals surface area contributed by atoms with Crippen LogP contribution >= 0.6 is 0 Å². The Hall–Kier alpha value is -4.44. The number of carbonyl (C=O) groups is 5. The molecule has 61 heavy (non-hydrogen) atoms. The van der Waals surface area contributed by atoms with E-state index in [0.29, 0.717) is 38.4 Å². The lowest BCUT2D eigenvalue weighted by Crippen LogP contribution is -2.55. The van der Waals surface area contributed by atoms with E-state index in [0.717, 1.165) is 12.0 Å². The molecule has 0 spiro atoms. The SMILES string of the molecule is CC[C@H](C)[C@@H]([C@@H](CC(=O)N1CCC[C@H]1[C@H](OC)[C@@H](C)C(=O)NC(Cc1ccccc1)C(=O)O)OC)N(C)C(=O)[C@@H](N=C(N(C)C)N(C)CCN(C)C(=O)OC(C)(C)C)C(C)C. The van der Waals surface area contributed by atoms with Crippen molar-refractivity contribution < 1.29 is 43.3 Å². The molecule has 1 aliphatic rings. The number of ether oxygens (including phenoxy) is 3. The Morgan fingerprint density at radius 2 is 1.54 bits per heavy atom. The molecule has 1 saturated heterocycles. The highest BCUT2D eigenvalue weighted by Gasteiger charge is 2.43. The number of likely N-dealkylation sites (tertiary alicyclic amines) is 1. The summed E-state index contributed by atoms with van der Waals surface area (Å²) in [7, 11) is 12.1. The number of aliphatic carboxylic acids is 1. The zero-order valence-corrected chi connectivity index (χ0v) is 39.6. The van der Waals surface area contributed by atoms with Gasteiger partial charge in [0.25, 0.3) is 0 Å². The smallest absolute Gasteiger partial charge is 0.410 e. The van der Waals surface area contributed by atoms with Gasteiger partial charge >= 0.3 is 12.1 Å². The van der Waals surface area contributed by atoms with Crippen LogP contribution in [0.15, 0.2) is 35.3 Å². The Labute approximate surface area is 365 Å². The maximum atomic E-state index is 14.6. The van der Waals surface area contributed by atoms with Crippen LogP contribution in [0.2, 0.25) is 0 Å². The van der Waals surface area contributed by atoms with E-state index in [-0.39, 0.29) is 36.5 Å². The summed E-state index contributed by atoms with van der Waals surface area (Å²) in [6.07, 6.45) is 0.355. The van der Waals surface area contributed by atoms with Gasteiger partial charge in [0.2, 0.25) is 17.7 Å². The van der Waals surface area contributed by atoms with Gasteiger partial charge in [-0.2, -0.15) is 0 Å². The number of carboxylic acids is 1. The van der Waals surface area contributed by atoms with Crippen LogP contribution in [0.5, 0.6) is 0 Å². The van der Waals surface area contributed by atoms with Crippen LogP contribution in [-0.4, -0.2) is 176 Å². The summed E-state index contributed by atoms with van der Waals surface area (Å²) < 4.78 is 17.5. The molecule has 1 fully saturated rings. The summed E-state index contributed by atoms with van der Waals surface area (Å²) >= 11 is 0. The van der Waals surface area contributed by atoms with Crippen LogP contribution in [-0.2, 0) is 39.8 Å². The number of nitrogens with zero attached hydrogens (tertiary/aromatic N) is 6. The van der Waals surface area contributed by atoms with Gasteiger partial charge in [0.1, 0.15) is 17.7 Å². The van der Waals surface area contributed by atoms with E-state index < -0.39 is 65.9 Å². The van der Waals surface area contributed by atoms with Gasteiger partial charge in [-0.1, -0.05) is 71.4 Å². The quantitative estimate of drug-likeness (QED) is 0.132. The monoisotopic (exact) mass is 860 g/mol. The lowest BCUT2D eigenvalue weighted by atomic mass is 9.89. The van der Waals surface area contributed by atoms with Crippen LogP contribution in [0.1, 0.15) is 86.6 Å². The molecule has 0 aromatic heterocycles. The van der Waals surface area contributed by atoms with Crippen LogP contribution in [0.3, 0.4) is 0 Å². The number of amides is 4. The molecule has 0 aliphatic carbocycles. The van der Waals surface area contributed by atoms with Crippen LogP contribution < -0.4 is 5.32 Å². The van der Waals surface area contributed by atoms with Crippen LogP contribution in [0.25, 0.3) is 0 Å². The molecule has 1 unspecified atom stereocenters. The van der Waals surface area contributed by atoms with E-state index in [2.05, 4.69) is 5.32 Å². The third-order valence-corrected chi connectivity index (χ3v) is 11.5. The van der Waals surface area contributed by atoms with Crippen molar-refractivity contribution in [2.75, 3.05) is 69.1 Å². The van der Waals surface area contributed by atoms with Crippen molar-refractivity contribution in [2.24, 2.45) is 22.7 Å². The number of hydrogen-bond acceptors (Lipinski definition) is 9. The molecule has 2 N–H and O–H groups in total. The number of methoxy groups -OCH3 is 2. The van der Waals surface area contributed by atoms with Crippen molar-refractivity contribution >= 4 is 35.7 Å². The van der Waals surface area contributed by atoms with Crippen molar-refractivity contribution in [1.29, 1.82) is 0 Å². The second-order valence-corrected chi connectivity index (χ2v) is 18.0. The molecule has 1 aromatic carbocycles. The summed E-state index contributed by atoms with van der Waals surface area (Å²) in [6, 6.07) is 6.30.